The Kier molecular flexibility index (Phi) is 3.09. The number of nitro groups is 1. The lowest BCUT2D eigenvalue weighted by Crippen LogP contribution is -1.93. The molecule has 3 aromatic heterocycles. The van der Waals surface area contributed by atoms with Gasteiger partial charge in [-0.15, -0.1) is 15.3 Å². The van der Waals surface area contributed by atoms with Crippen LogP contribution < -0.4 is 4.74 Å². The molecule has 0 saturated heterocycles. The van der Waals surface area contributed by atoms with E-state index in [-0.39, 0.29) is 29.0 Å². The van der Waals surface area contributed by atoms with E-state index in [4.69, 9.17) is 9.15 Å². The molecule has 0 fully saturated rings. The number of rotatable bonds is 4. The highest BCUT2D eigenvalue weighted by atomic mass is 16.6. The predicted molar refractivity (Wildman–Crippen MR) is 72.0 cm³/mol. The number of aryl methyl sites for hydroxylation is 2. The van der Waals surface area contributed by atoms with Crippen LogP contribution in [0.4, 0.5) is 5.69 Å². The number of nitrogens with one attached hydrogen (secondary N) is 1. The summed E-state index contributed by atoms with van der Waals surface area (Å²) in [4.78, 5) is 10.5. The van der Waals surface area contributed by atoms with Gasteiger partial charge in [0.25, 0.3) is 11.8 Å². The lowest BCUT2D eigenvalue weighted by atomic mass is 10.3. The molecular weight excluding hydrogens is 294 g/mol. The number of aromatic amines is 1. The van der Waals surface area contributed by atoms with Crippen LogP contribution in [-0.2, 0) is 7.05 Å². The molecule has 3 aromatic rings. The lowest BCUT2D eigenvalue weighted by molar-refractivity contribution is -0.385. The first-order valence-corrected chi connectivity index (χ1v) is 6.12. The second kappa shape index (κ2) is 4.95. The van der Waals surface area contributed by atoms with E-state index in [9.17, 15) is 10.1 Å². The molecule has 0 amide bonds. The largest absolute Gasteiger partial charge is 0.475 e. The molecule has 11 heteroatoms. The third kappa shape index (κ3) is 2.08. The minimum absolute atomic E-state index is 0.0119. The molecule has 1 N–H and O–H groups in total. The average molecular weight is 305 g/mol. The van der Waals surface area contributed by atoms with Crippen molar-refractivity contribution in [2.45, 2.75) is 6.92 Å². The van der Waals surface area contributed by atoms with E-state index in [1.807, 2.05) is 0 Å². The highest BCUT2D eigenvalue weighted by Gasteiger charge is 2.30. The summed E-state index contributed by atoms with van der Waals surface area (Å²) >= 11 is 0. The third-order valence-corrected chi connectivity index (χ3v) is 2.97. The van der Waals surface area contributed by atoms with Gasteiger partial charge in [-0.2, -0.15) is 5.10 Å². The van der Waals surface area contributed by atoms with Crippen molar-refractivity contribution in [3.8, 4) is 28.9 Å². The number of methoxy groups -OCH3 is 1. The first-order chi connectivity index (χ1) is 10.5. The van der Waals surface area contributed by atoms with E-state index in [1.165, 1.54) is 7.11 Å². The van der Waals surface area contributed by atoms with Crippen molar-refractivity contribution in [1.82, 2.24) is 30.2 Å². The number of hydrogen-bond donors (Lipinski definition) is 1. The molecule has 3 rings (SSSR count). The van der Waals surface area contributed by atoms with Gasteiger partial charge < -0.3 is 9.15 Å². The quantitative estimate of drug-likeness (QED) is 0.558. The van der Waals surface area contributed by atoms with Gasteiger partial charge in [0, 0.05) is 13.2 Å². The number of H-pyrrole nitrogens is 1. The highest BCUT2D eigenvalue weighted by Crippen LogP contribution is 2.35. The molecule has 0 spiro atoms. The van der Waals surface area contributed by atoms with Gasteiger partial charge in [0.15, 0.2) is 0 Å². The second-order valence-corrected chi connectivity index (χ2v) is 4.43. The van der Waals surface area contributed by atoms with Crippen molar-refractivity contribution in [3.05, 3.63) is 22.0 Å². The molecule has 0 unspecified atom stereocenters. The van der Waals surface area contributed by atoms with Crippen molar-refractivity contribution in [1.29, 1.82) is 0 Å². The normalized spacial score (nSPS) is 10.9. The number of ether oxygens (including phenoxy) is 1. The van der Waals surface area contributed by atoms with Crippen LogP contribution in [0, 0.1) is 17.0 Å². The van der Waals surface area contributed by atoms with Gasteiger partial charge in [-0.1, -0.05) is 0 Å². The Hall–Kier alpha value is -3.24. The fourth-order valence-corrected chi connectivity index (χ4v) is 2.02. The SMILES string of the molecule is COc1n[nH]c(-c2nnc(-c3cn(C)nc3C)o2)c1[N+](=O)[O-]. The molecule has 0 radical (unpaired) electrons. The predicted octanol–water partition coefficient (Wildman–Crippen LogP) is 1.09. The standard InChI is InChI=1S/C11H11N7O4/c1-5-6(4-17(2)16-5)9-13-14-10(22-9)7-8(18(19)20)11(21-3)15-12-7/h4H,1-3H3,(H,12,15). The molecular formula is C11H11N7O4. The zero-order valence-corrected chi connectivity index (χ0v) is 11.9. The molecule has 0 aliphatic rings. The summed E-state index contributed by atoms with van der Waals surface area (Å²) in [6, 6.07) is 0. The maximum Gasteiger partial charge on any atom is 0.362 e. The highest BCUT2D eigenvalue weighted by molar-refractivity contribution is 5.67. The maximum atomic E-state index is 11.1. The summed E-state index contributed by atoms with van der Waals surface area (Å²) < 4.78 is 11.9. The minimum atomic E-state index is -0.628. The van der Waals surface area contributed by atoms with E-state index in [2.05, 4.69) is 25.5 Å². The molecule has 22 heavy (non-hydrogen) atoms. The Balaban J connectivity index is 2.07. The van der Waals surface area contributed by atoms with Gasteiger partial charge >= 0.3 is 11.6 Å². The van der Waals surface area contributed by atoms with Crippen LogP contribution in [0.25, 0.3) is 23.0 Å². The molecule has 0 atom stereocenters. The van der Waals surface area contributed by atoms with E-state index in [1.54, 1.807) is 24.9 Å². The van der Waals surface area contributed by atoms with Crippen molar-refractivity contribution in [2.75, 3.05) is 7.11 Å². The smallest absolute Gasteiger partial charge is 0.362 e. The van der Waals surface area contributed by atoms with Crippen molar-refractivity contribution in [3.63, 3.8) is 0 Å². The molecule has 0 aromatic carbocycles. The van der Waals surface area contributed by atoms with Crippen LogP contribution >= 0.6 is 0 Å². The lowest BCUT2D eigenvalue weighted by Gasteiger charge is -1.93. The Morgan fingerprint density at radius 1 is 1.41 bits per heavy atom. The monoisotopic (exact) mass is 305 g/mol. The van der Waals surface area contributed by atoms with Crippen LogP contribution in [0.15, 0.2) is 10.6 Å². The topological polar surface area (TPSA) is 138 Å². The summed E-state index contributed by atoms with van der Waals surface area (Å²) in [5, 5.41) is 29.2. The molecule has 11 nitrogen and oxygen atoms in total. The summed E-state index contributed by atoms with van der Waals surface area (Å²) in [5.41, 5.74) is 0.979. The number of hydrogen-bond acceptors (Lipinski definition) is 8. The number of nitrogens with zero attached hydrogens (tertiary/aromatic N) is 6. The maximum absolute atomic E-state index is 11.1. The first kappa shape index (κ1) is 13.7. The summed E-state index contributed by atoms with van der Waals surface area (Å²) in [6.45, 7) is 1.79. The van der Waals surface area contributed by atoms with Gasteiger partial charge in [-0.05, 0) is 6.92 Å². The van der Waals surface area contributed by atoms with Crippen molar-refractivity contribution in [2.24, 2.45) is 7.05 Å². The Bertz CT molecular complexity index is 847. The average Bonchev–Trinajstić information content (AvgIpc) is 3.15. The minimum Gasteiger partial charge on any atom is -0.475 e. The third-order valence-electron chi connectivity index (χ3n) is 2.97. The van der Waals surface area contributed by atoms with E-state index < -0.39 is 4.92 Å². The van der Waals surface area contributed by atoms with Gasteiger partial charge in [0.2, 0.25) is 5.69 Å². The van der Waals surface area contributed by atoms with Crippen LogP contribution in [-0.4, -0.2) is 42.2 Å². The summed E-state index contributed by atoms with van der Waals surface area (Å²) in [5.74, 6) is 0.00141. The Morgan fingerprint density at radius 2 is 2.14 bits per heavy atom. The van der Waals surface area contributed by atoms with Crippen LogP contribution in [0.5, 0.6) is 5.88 Å². The second-order valence-electron chi connectivity index (χ2n) is 4.43. The zero-order valence-electron chi connectivity index (χ0n) is 11.9. The van der Waals surface area contributed by atoms with Gasteiger partial charge in [0.1, 0.15) is 0 Å². The fourth-order valence-electron chi connectivity index (χ4n) is 2.02. The Morgan fingerprint density at radius 3 is 2.73 bits per heavy atom. The van der Waals surface area contributed by atoms with E-state index in [0.29, 0.717) is 11.3 Å². The van der Waals surface area contributed by atoms with Gasteiger partial charge in [0.05, 0.1) is 23.3 Å². The van der Waals surface area contributed by atoms with E-state index in [0.717, 1.165) is 0 Å². The molecule has 0 bridgehead atoms. The molecule has 114 valence electrons. The Labute approximate surface area is 123 Å². The van der Waals surface area contributed by atoms with Gasteiger partial charge in [-0.3, -0.25) is 19.9 Å². The van der Waals surface area contributed by atoms with E-state index >= 15 is 0 Å². The fraction of sp³-hybridized carbons (Fsp3) is 0.273. The van der Waals surface area contributed by atoms with Crippen LogP contribution in [0.3, 0.4) is 0 Å². The summed E-state index contributed by atoms with van der Waals surface area (Å²) in [7, 11) is 3.05. The zero-order chi connectivity index (χ0) is 15.9. The van der Waals surface area contributed by atoms with Crippen LogP contribution in [0.1, 0.15) is 5.69 Å². The van der Waals surface area contributed by atoms with Gasteiger partial charge in [-0.25, -0.2) is 0 Å². The molecule has 0 aliphatic carbocycles. The summed E-state index contributed by atoms with van der Waals surface area (Å²) in [6.07, 6.45) is 1.72. The molecule has 0 saturated carbocycles. The van der Waals surface area contributed by atoms with Crippen molar-refractivity contribution >= 4 is 5.69 Å². The van der Waals surface area contributed by atoms with Crippen molar-refractivity contribution < 1.29 is 14.1 Å². The molecule has 0 aliphatic heterocycles. The van der Waals surface area contributed by atoms with Crippen LogP contribution in [0.2, 0.25) is 0 Å². The molecule has 3 heterocycles. The number of aromatic nitrogens is 6. The first-order valence-electron chi connectivity index (χ1n) is 6.12.